The number of anilines is 1. The third-order valence-electron chi connectivity index (χ3n) is 4.64. The number of aldehydes is 1. The number of allylic oxidation sites excluding steroid dienone is 3. The van der Waals surface area contributed by atoms with Gasteiger partial charge in [-0.15, -0.1) is 11.3 Å². The maximum atomic E-state index is 11.6. The van der Waals surface area contributed by atoms with Crippen LogP contribution in [0.2, 0.25) is 0 Å². The SMILES string of the molecule is CN(C=Nc1c(C=O)sc2nccc(N(C)C)c12)C1=C/CCCCC/C=C\1. The minimum atomic E-state index is 0.607. The van der Waals surface area contributed by atoms with E-state index in [1.165, 1.54) is 30.6 Å². The molecule has 0 spiro atoms. The number of likely N-dealkylation sites (N-methyl/N-ethyl adjacent to an activating group) is 1. The monoisotopic (exact) mass is 382 g/mol. The second-order valence-electron chi connectivity index (χ2n) is 6.86. The number of carbonyl (C=O) groups is 1. The molecule has 6 heteroatoms. The van der Waals surface area contributed by atoms with Crippen molar-refractivity contribution >= 4 is 45.6 Å². The molecule has 1 aliphatic rings. The Morgan fingerprint density at radius 1 is 1.19 bits per heavy atom. The van der Waals surface area contributed by atoms with E-state index in [-0.39, 0.29) is 0 Å². The van der Waals surface area contributed by atoms with E-state index >= 15 is 0 Å². The Morgan fingerprint density at radius 2 is 2.00 bits per heavy atom. The van der Waals surface area contributed by atoms with Gasteiger partial charge in [-0.25, -0.2) is 9.98 Å². The molecule has 0 fully saturated rings. The fourth-order valence-electron chi connectivity index (χ4n) is 3.17. The number of aromatic nitrogens is 1. The molecule has 0 aromatic carbocycles. The summed E-state index contributed by atoms with van der Waals surface area (Å²) in [7, 11) is 5.97. The Labute approximate surface area is 164 Å². The molecule has 0 bridgehead atoms. The number of aliphatic imine (C=N–C) groups is 1. The summed E-state index contributed by atoms with van der Waals surface area (Å²) >= 11 is 1.38. The molecule has 0 saturated heterocycles. The van der Waals surface area contributed by atoms with Crippen LogP contribution in [-0.2, 0) is 0 Å². The number of carbonyl (C=O) groups excluding carboxylic acids is 1. The number of fused-ring (bicyclic) bond motifs is 1. The Bertz CT molecular complexity index is 895. The molecule has 0 N–H and O–H groups in total. The number of thiophene rings is 1. The van der Waals surface area contributed by atoms with Crippen molar-refractivity contribution in [1.82, 2.24) is 9.88 Å². The molecule has 27 heavy (non-hydrogen) atoms. The first kappa shape index (κ1) is 19.3. The fraction of sp³-hybridized carbons (Fsp3) is 0.381. The molecule has 5 nitrogen and oxygen atoms in total. The summed E-state index contributed by atoms with van der Waals surface area (Å²) in [6, 6.07) is 1.95. The van der Waals surface area contributed by atoms with Gasteiger partial charge in [-0.1, -0.05) is 18.6 Å². The van der Waals surface area contributed by atoms with Crippen molar-refractivity contribution in [1.29, 1.82) is 0 Å². The normalized spacial score (nSPS) is 18.4. The van der Waals surface area contributed by atoms with Gasteiger partial charge < -0.3 is 9.80 Å². The molecule has 0 radical (unpaired) electrons. The minimum absolute atomic E-state index is 0.607. The summed E-state index contributed by atoms with van der Waals surface area (Å²) in [4.78, 5) is 26.2. The van der Waals surface area contributed by atoms with E-state index in [4.69, 9.17) is 4.99 Å². The Morgan fingerprint density at radius 3 is 2.78 bits per heavy atom. The Balaban J connectivity index is 1.97. The highest BCUT2D eigenvalue weighted by Gasteiger charge is 2.16. The standard InChI is InChI=1S/C21H26N4OS/c1-24(2)17-12-13-22-21-19(17)20(18(14-26)27-21)23-15-25(3)16-10-8-6-4-5-7-9-11-16/h8,10-15H,4-7,9H2,1-3H3/b10-8-,16-11+,23-15?. The molecule has 2 aromatic rings. The minimum Gasteiger partial charge on any atom is -0.377 e. The van der Waals surface area contributed by atoms with Crippen LogP contribution in [0, 0.1) is 0 Å². The molecule has 0 aliphatic heterocycles. The summed E-state index contributed by atoms with van der Waals surface area (Å²) in [5.74, 6) is 0. The van der Waals surface area contributed by atoms with Crippen molar-refractivity contribution < 1.29 is 4.79 Å². The van der Waals surface area contributed by atoms with Crippen molar-refractivity contribution in [2.75, 3.05) is 26.0 Å². The van der Waals surface area contributed by atoms with Gasteiger partial charge in [0.15, 0.2) is 6.29 Å². The van der Waals surface area contributed by atoms with Gasteiger partial charge in [-0.2, -0.15) is 0 Å². The lowest BCUT2D eigenvalue weighted by molar-refractivity contribution is 0.112. The molecule has 0 atom stereocenters. The predicted octanol–water partition coefficient (Wildman–Crippen LogP) is 5.17. The predicted molar refractivity (Wildman–Crippen MR) is 116 cm³/mol. The second kappa shape index (κ2) is 8.95. The zero-order valence-corrected chi connectivity index (χ0v) is 17.0. The Hall–Kier alpha value is -2.47. The molecule has 0 saturated carbocycles. The molecule has 2 heterocycles. The van der Waals surface area contributed by atoms with E-state index in [1.807, 2.05) is 37.0 Å². The van der Waals surface area contributed by atoms with Gasteiger partial charge in [0.2, 0.25) is 0 Å². The van der Waals surface area contributed by atoms with Crippen LogP contribution in [0.5, 0.6) is 0 Å². The van der Waals surface area contributed by atoms with Crippen molar-refractivity contribution in [3.63, 3.8) is 0 Å². The first-order valence-electron chi connectivity index (χ1n) is 9.29. The van der Waals surface area contributed by atoms with E-state index in [9.17, 15) is 4.79 Å². The number of nitrogens with zero attached hydrogens (tertiary/aromatic N) is 4. The topological polar surface area (TPSA) is 48.8 Å². The highest BCUT2D eigenvalue weighted by molar-refractivity contribution is 7.21. The third-order valence-corrected chi connectivity index (χ3v) is 5.66. The number of hydrogen-bond donors (Lipinski definition) is 0. The van der Waals surface area contributed by atoms with E-state index in [0.29, 0.717) is 10.6 Å². The van der Waals surface area contributed by atoms with Crippen LogP contribution in [0.25, 0.3) is 10.2 Å². The molecule has 1 aliphatic carbocycles. The average Bonchev–Trinajstić information content (AvgIpc) is 3.09. The van der Waals surface area contributed by atoms with Gasteiger partial charge in [0.25, 0.3) is 0 Å². The van der Waals surface area contributed by atoms with Crippen molar-refractivity contribution in [2.45, 2.75) is 32.1 Å². The molecule has 3 rings (SSSR count). The van der Waals surface area contributed by atoms with E-state index in [0.717, 1.165) is 40.7 Å². The summed E-state index contributed by atoms with van der Waals surface area (Å²) in [6.07, 6.45) is 17.0. The molecular weight excluding hydrogens is 356 g/mol. The summed E-state index contributed by atoms with van der Waals surface area (Å²) in [5.41, 5.74) is 2.85. The summed E-state index contributed by atoms with van der Waals surface area (Å²) in [6.45, 7) is 0. The van der Waals surface area contributed by atoms with Crippen molar-refractivity contribution in [2.24, 2.45) is 4.99 Å². The zero-order valence-electron chi connectivity index (χ0n) is 16.2. The third kappa shape index (κ3) is 4.45. The van der Waals surface area contributed by atoms with Gasteiger partial charge in [0.1, 0.15) is 4.83 Å². The van der Waals surface area contributed by atoms with Gasteiger partial charge in [-0.05, 0) is 37.8 Å². The fourth-order valence-corrected chi connectivity index (χ4v) is 4.09. The molecule has 142 valence electrons. The van der Waals surface area contributed by atoms with Gasteiger partial charge in [0.05, 0.1) is 28.0 Å². The summed E-state index contributed by atoms with van der Waals surface area (Å²) in [5, 5.41) is 0.929. The quantitative estimate of drug-likeness (QED) is 0.407. The van der Waals surface area contributed by atoms with Crippen LogP contribution < -0.4 is 4.90 Å². The average molecular weight is 383 g/mol. The molecule has 2 aromatic heterocycles. The zero-order chi connectivity index (χ0) is 19.2. The highest BCUT2D eigenvalue weighted by atomic mass is 32.1. The smallest absolute Gasteiger partial charge is 0.162 e. The van der Waals surface area contributed by atoms with Gasteiger partial charge in [0, 0.05) is 33.0 Å². The van der Waals surface area contributed by atoms with Crippen LogP contribution in [0.3, 0.4) is 0 Å². The lowest BCUT2D eigenvalue weighted by Crippen LogP contribution is -2.14. The Kier molecular flexibility index (Phi) is 6.40. The number of hydrogen-bond acceptors (Lipinski definition) is 5. The second-order valence-corrected chi connectivity index (χ2v) is 7.89. The number of pyridine rings is 1. The van der Waals surface area contributed by atoms with Crippen molar-refractivity contribution in [3.05, 3.63) is 41.1 Å². The first-order chi connectivity index (χ1) is 13.1. The highest BCUT2D eigenvalue weighted by Crippen LogP contribution is 2.40. The van der Waals surface area contributed by atoms with Crippen LogP contribution >= 0.6 is 11.3 Å². The van der Waals surface area contributed by atoms with Crippen molar-refractivity contribution in [3.8, 4) is 0 Å². The maximum absolute atomic E-state index is 11.6. The molecular formula is C21H26N4OS. The lowest BCUT2D eigenvalue weighted by Gasteiger charge is -2.16. The summed E-state index contributed by atoms with van der Waals surface area (Å²) < 4.78 is 0. The lowest BCUT2D eigenvalue weighted by atomic mass is 10.1. The first-order valence-corrected chi connectivity index (χ1v) is 10.1. The molecule has 0 amide bonds. The largest absolute Gasteiger partial charge is 0.377 e. The van der Waals surface area contributed by atoms with E-state index < -0.39 is 0 Å². The van der Waals surface area contributed by atoms with Crippen LogP contribution in [-0.4, -0.2) is 43.7 Å². The number of rotatable bonds is 5. The van der Waals surface area contributed by atoms with Gasteiger partial charge >= 0.3 is 0 Å². The van der Waals surface area contributed by atoms with Crippen LogP contribution in [0.4, 0.5) is 11.4 Å². The van der Waals surface area contributed by atoms with Crippen LogP contribution in [0.15, 0.2) is 41.2 Å². The van der Waals surface area contributed by atoms with E-state index in [1.54, 1.807) is 12.5 Å². The van der Waals surface area contributed by atoms with Gasteiger partial charge in [-0.3, -0.25) is 4.79 Å². The van der Waals surface area contributed by atoms with Crippen LogP contribution in [0.1, 0.15) is 41.8 Å². The maximum Gasteiger partial charge on any atom is 0.162 e. The molecule has 0 unspecified atom stereocenters. The van der Waals surface area contributed by atoms with E-state index in [2.05, 4.69) is 23.2 Å².